The second-order valence-corrected chi connectivity index (χ2v) is 8.38. The minimum atomic E-state index is -0.981. The molecule has 0 spiro atoms. The Bertz CT molecular complexity index is 1020. The van der Waals surface area contributed by atoms with E-state index < -0.39 is 17.5 Å². The Labute approximate surface area is 174 Å². The number of aromatic hydroxyl groups is 1. The number of hydrogen-bond donors (Lipinski definition) is 2. The summed E-state index contributed by atoms with van der Waals surface area (Å²) in [6.45, 7) is 7.96. The summed E-state index contributed by atoms with van der Waals surface area (Å²) in [5.41, 5.74) is 0.0723. The van der Waals surface area contributed by atoms with E-state index in [-0.39, 0.29) is 30.4 Å². The summed E-state index contributed by atoms with van der Waals surface area (Å²) < 4.78 is 1.77. The lowest BCUT2D eigenvalue weighted by Gasteiger charge is -2.14. The van der Waals surface area contributed by atoms with E-state index in [1.165, 1.54) is 0 Å². The Morgan fingerprint density at radius 3 is 2.53 bits per heavy atom. The molecular weight excluding hydrogens is 386 g/mol. The predicted molar refractivity (Wildman–Crippen MR) is 112 cm³/mol. The molecule has 0 unspecified atom stereocenters. The lowest BCUT2D eigenvalue weighted by molar-refractivity contribution is -0.130. The smallest absolute Gasteiger partial charge is 0.325 e. The maximum Gasteiger partial charge on any atom is 0.325 e. The van der Waals surface area contributed by atoms with Gasteiger partial charge in [-0.15, -0.1) is 10.2 Å². The molecule has 9 nitrogen and oxygen atoms in total. The third-order valence-corrected chi connectivity index (χ3v) is 5.10. The van der Waals surface area contributed by atoms with Crippen molar-refractivity contribution in [3.8, 4) is 5.88 Å². The fraction of sp³-hybridized carbons (Fsp3) is 0.476. The van der Waals surface area contributed by atoms with Crippen molar-refractivity contribution in [2.45, 2.75) is 52.6 Å². The highest BCUT2D eigenvalue weighted by Crippen LogP contribution is 2.39. The van der Waals surface area contributed by atoms with Crippen LogP contribution in [-0.4, -0.2) is 44.5 Å². The summed E-state index contributed by atoms with van der Waals surface area (Å²) in [4.78, 5) is 37.3. The number of carbonyl (C=O) groups is 3. The fourth-order valence-corrected chi connectivity index (χ4v) is 3.37. The summed E-state index contributed by atoms with van der Waals surface area (Å²) in [6.07, 6.45) is 0.732. The van der Waals surface area contributed by atoms with Gasteiger partial charge in [-0.1, -0.05) is 32.0 Å². The van der Waals surface area contributed by atoms with Crippen LogP contribution in [0.3, 0.4) is 0 Å². The number of nitrogens with zero attached hydrogens (tertiary/aromatic N) is 4. The van der Waals surface area contributed by atoms with Crippen molar-refractivity contribution in [2.75, 3.05) is 6.54 Å². The van der Waals surface area contributed by atoms with Gasteiger partial charge in [0.2, 0.25) is 5.88 Å². The number of para-hydroxylation sites is 1. The molecule has 1 fully saturated rings. The number of azo groups is 1. The van der Waals surface area contributed by atoms with Crippen LogP contribution < -0.4 is 5.32 Å². The number of urea groups is 1. The van der Waals surface area contributed by atoms with Crippen molar-refractivity contribution in [2.24, 2.45) is 16.1 Å². The van der Waals surface area contributed by atoms with Crippen molar-refractivity contribution in [1.29, 1.82) is 0 Å². The highest BCUT2D eigenvalue weighted by atomic mass is 16.3. The molecule has 1 aromatic heterocycles. The van der Waals surface area contributed by atoms with E-state index in [4.69, 9.17) is 0 Å². The van der Waals surface area contributed by atoms with Gasteiger partial charge in [0, 0.05) is 24.9 Å². The normalized spacial score (nSPS) is 16.2. The van der Waals surface area contributed by atoms with Crippen LogP contribution in [0.2, 0.25) is 0 Å². The molecule has 2 N–H and O–H groups in total. The number of nitrogens with one attached hydrogen (secondary N) is 1. The maximum atomic E-state index is 12.2. The predicted octanol–water partition coefficient (Wildman–Crippen LogP) is 3.72. The van der Waals surface area contributed by atoms with Gasteiger partial charge in [-0.25, -0.2) is 4.79 Å². The number of aryl methyl sites for hydroxylation is 1. The monoisotopic (exact) mass is 413 g/mol. The SMILES string of the molecule is CC(C)CCn1c(O)c(N=NC(=O)CCN2C(=O)NC(C)(C)C2=O)c2ccccc21. The molecule has 2 heterocycles. The zero-order chi connectivity index (χ0) is 22.1. The van der Waals surface area contributed by atoms with Crippen molar-refractivity contribution < 1.29 is 19.5 Å². The van der Waals surface area contributed by atoms with Gasteiger partial charge in [0.05, 0.1) is 5.52 Å². The first-order valence-corrected chi connectivity index (χ1v) is 10.0. The first kappa shape index (κ1) is 21.5. The molecule has 0 radical (unpaired) electrons. The topological polar surface area (TPSA) is 116 Å². The highest BCUT2D eigenvalue weighted by Gasteiger charge is 2.44. The standard InChI is InChI=1S/C21H27N5O4/c1-13(2)9-11-25-15-8-6-5-7-14(15)17(18(25)28)24-23-16(27)10-12-26-19(29)21(3,4)22-20(26)30/h5-8,13,28H,9-12H2,1-4H3,(H,22,30). The molecule has 1 aliphatic rings. The number of carbonyl (C=O) groups excluding carboxylic acids is 3. The molecule has 0 aliphatic carbocycles. The zero-order valence-electron chi connectivity index (χ0n) is 17.7. The lowest BCUT2D eigenvalue weighted by atomic mass is 10.1. The first-order chi connectivity index (χ1) is 14.1. The molecule has 3 rings (SSSR count). The van der Waals surface area contributed by atoms with E-state index in [0.29, 0.717) is 17.8 Å². The van der Waals surface area contributed by atoms with Crippen LogP contribution in [0.4, 0.5) is 10.5 Å². The third-order valence-electron chi connectivity index (χ3n) is 5.10. The molecule has 0 bridgehead atoms. The number of fused-ring (bicyclic) bond motifs is 1. The van der Waals surface area contributed by atoms with Gasteiger partial charge in [0.25, 0.3) is 11.8 Å². The van der Waals surface area contributed by atoms with Crippen LogP contribution in [0, 0.1) is 5.92 Å². The molecule has 0 atom stereocenters. The minimum absolute atomic E-state index is 0.0377. The zero-order valence-corrected chi connectivity index (χ0v) is 17.7. The van der Waals surface area contributed by atoms with E-state index in [1.807, 2.05) is 24.3 Å². The molecule has 4 amide bonds. The van der Waals surface area contributed by atoms with Gasteiger partial charge < -0.3 is 15.0 Å². The average Bonchev–Trinajstić information content (AvgIpc) is 3.05. The van der Waals surface area contributed by atoms with Gasteiger partial charge in [0.15, 0.2) is 5.69 Å². The van der Waals surface area contributed by atoms with Crippen LogP contribution >= 0.6 is 0 Å². The molecule has 9 heteroatoms. The Hall–Kier alpha value is -3.23. The molecule has 1 aliphatic heterocycles. The first-order valence-electron chi connectivity index (χ1n) is 10.0. The van der Waals surface area contributed by atoms with Crippen molar-refractivity contribution in [1.82, 2.24) is 14.8 Å². The minimum Gasteiger partial charge on any atom is -0.493 e. The number of imide groups is 1. The highest BCUT2D eigenvalue weighted by molar-refractivity contribution is 6.06. The summed E-state index contributed by atoms with van der Waals surface area (Å²) in [5, 5.41) is 21.6. The summed E-state index contributed by atoms with van der Waals surface area (Å²) in [5.74, 6) is -0.543. The van der Waals surface area contributed by atoms with E-state index in [2.05, 4.69) is 29.4 Å². The number of hydrogen-bond acceptors (Lipinski definition) is 5. The van der Waals surface area contributed by atoms with E-state index in [9.17, 15) is 19.5 Å². The third kappa shape index (κ3) is 4.19. The van der Waals surface area contributed by atoms with Crippen LogP contribution in [0.5, 0.6) is 5.88 Å². The van der Waals surface area contributed by atoms with Gasteiger partial charge in [-0.3, -0.25) is 14.5 Å². The van der Waals surface area contributed by atoms with Crippen LogP contribution in [0.15, 0.2) is 34.5 Å². The van der Waals surface area contributed by atoms with E-state index in [1.54, 1.807) is 18.4 Å². The number of aromatic nitrogens is 1. The summed E-state index contributed by atoms with van der Waals surface area (Å²) >= 11 is 0. The Morgan fingerprint density at radius 2 is 1.90 bits per heavy atom. The van der Waals surface area contributed by atoms with Gasteiger partial charge >= 0.3 is 6.03 Å². The quantitative estimate of drug-likeness (QED) is 0.531. The van der Waals surface area contributed by atoms with Crippen LogP contribution in [0.25, 0.3) is 10.9 Å². The van der Waals surface area contributed by atoms with E-state index in [0.717, 1.165) is 16.8 Å². The molecule has 0 saturated carbocycles. The Kier molecular flexibility index (Phi) is 5.91. The summed E-state index contributed by atoms with van der Waals surface area (Å²) in [6, 6.07) is 6.87. The maximum absolute atomic E-state index is 12.2. The second-order valence-electron chi connectivity index (χ2n) is 8.38. The lowest BCUT2D eigenvalue weighted by Crippen LogP contribution is -2.40. The number of amides is 4. The number of benzene rings is 1. The second kappa shape index (κ2) is 8.25. The molecule has 1 saturated heterocycles. The molecule has 160 valence electrons. The molecule has 1 aromatic carbocycles. The van der Waals surface area contributed by atoms with Crippen LogP contribution in [0.1, 0.15) is 40.5 Å². The molecular formula is C21H27N5O4. The Morgan fingerprint density at radius 1 is 1.20 bits per heavy atom. The van der Waals surface area contributed by atoms with Crippen LogP contribution in [-0.2, 0) is 16.1 Å². The fourth-order valence-electron chi connectivity index (χ4n) is 3.37. The molecule has 2 aromatic rings. The summed E-state index contributed by atoms with van der Waals surface area (Å²) in [7, 11) is 0. The average molecular weight is 413 g/mol. The van der Waals surface area contributed by atoms with E-state index >= 15 is 0 Å². The largest absolute Gasteiger partial charge is 0.493 e. The van der Waals surface area contributed by atoms with Gasteiger partial charge in [0.1, 0.15) is 5.54 Å². The van der Waals surface area contributed by atoms with Gasteiger partial charge in [-0.05, 0) is 32.3 Å². The van der Waals surface area contributed by atoms with Crippen molar-refractivity contribution >= 4 is 34.4 Å². The molecule has 30 heavy (non-hydrogen) atoms. The number of rotatable bonds is 7. The Balaban J connectivity index is 1.74. The van der Waals surface area contributed by atoms with Crippen molar-refractivity contribution in [3.63, 3.8) is 0 Å². The van der Waals surface area contributed by atoms with Crippen molar-refractivity contribution in [3.05, 3.63) is 24.3 Å². The van der Waals surface area contributed by atoms with Gasteiger partial charge in [-0.2, -0.15) is 0 Å².